The van der Waals surface area contributed by atoms with E-state index in [0.717, 1.165) is 5.39 Å². The van der Waals surface area contributed by atoms with Gasteiger partial charge in [-0.2, -0.15) is 0 Å². The van der Waals surface area contributed by atoms with Gasteiger partial charge < -0.3 is 4.74 Å². The molecule has 76 valence electrons. The van der Waals surface area contributed by atoms with Gasteiger partial charge >= 0.3 is 5.97 Å². The lowest BCUT2D eigenvalue weighted by atomic mass is 10.1. The highest BCUT2D eigenvalue weighted by Gasteiger charge is 2.09. The summed E-state index contributed by atoms with van der Waals surface area (Å²) in [5.41, 5.74) is 0. The molecule has 0 saturated heterocycles. The average Bonchev–Trinajstić information content (AvgIpc) is 2.22. The van der Waals surface area contributed by atoms with Crippen molar-refractivity contribution in [1.82, 2.24) is 0 Å². The van der Waals surface area contributed by atoms with Crippen LogP contribution in [0.1, 0.15) is 6.92 Å². The summed E-state index contributed by atoms with van der Waals surface area (Å²) in [4.78, 5) is 10.7. The van der Waals surface area contributed by atoms with Gasteiger partial charge in [0.05, 0.1) is 0 Å². The van der Waals surface area contributed by atoms with E-state index in [1.165, 1.54) is 13.0 Å². The zero-order valence-electron chi connectivity index (χ0n) is 8.16. The second-order valence-electron chi connectivity index (χ2n) is 3.19. The molecule has 0 aliphatic heterocycles. The molecule has 2 aromatic carbocycles. The van der Waals surface area contributed by atoms with Gasteiger partial charge in [0.2, 0.25) is 0 Å². The molecule has 0 amide bonds. The molecule has 0 N–H and O–H groups in total. The summed E-state index contributed by atoms with van der Waals surface area (Å²) in [5.74, 6) is -1.05. The molecule has 0 aliphatic carbocycles. The van der Waals surface area contributed by atoms with E-state index >= 15 is 0 Å². The van der Waals surface area contributed by atoms with Gasteiger partial charge in [-0.1, -0.05) is 30.3 Å². The van der Waals surface area contributed by atoms with Crippen molar-refractivity contribution in [3.63, 3.8) is 0 Å². The Morgan fingerprint density at radius 3 is 2.67 bits per heavy atom. The van der Waals surface area contributed by atoms with Gasteiger partial charge in [-0.05, 0) is 11.5 Å². The molecule has 2 rings (SSSR count). The molecule has 0 spiro atoms. The zero-order chi connectivity index (χ0) is 10.8. The van der Waals surface area contributed by atoms with Crippen molar-refractivity contribution in [2.75, 3.05) is 0 Å². The minimum absolute atomic E-state index is 0.0267. The van der Waals surface area contributed by atoms with Crippen LogP contribution in [0.25, 0.3) is 10.8 Å². The molecule has 2 aromatic rings. The third kappa shape index (κ3) is 1.81. The lowest BCUT2D eigenvalue weighted by Gasteiger charge is -2.05. The number of fused-ring (bicyclic) bond motifs is 1. The van der Waals surface area contributed by atoms with Crippen LogP contribution in [-0.4, -0.2) is 5.97 Å². The molecule has 0 unspecified atom stereocenters. The van der Waals surface area contributed by atoms with Crippen molar-refractivity contribution >= 4 is 16.7 Å². The van der Waals surface area contributed by atoms with Crippen molar-refractivity contribution in [3.8, 4) is 5.75 Å². The van der Waals surface area contributed by atoms with Crippen LogP contribution in [0.5, 0.6) is 5.75 Å². The van der Waals surface area contributed by atoms with E-state index in [2.05, 4.69) is 0 Å². The minimum atomic E-state index is -0.524. The first-order chi connectivity index (χ1) is 7.18. The van der Waals surface area contributed by atoms with Crippen molar-refractivity contribution in [3.05, 3.63) is 42.2 Å². The summed E-state index contributed by atoms with van der Waals surface area (Å²) in [6, 6.07) is 10.2. The highest BCUT2D eigenvalue weighted by atomic mass is 19.1. The molecule has 0 bridgehead atoms. The Balaban J connectivity index is 2.59. The number of halogens is 1. The molecule has 15 heavy (non-hydrogen) atoms. The van der Waals surface area contributed by atoms with Crippen molar-refractivity contribution in [2.45, 2.75) is 6.92 Å². The molecule has 0 atom stereocenters. The van der Waals surface area contributed by atoms with Crippen LogP contribution < -0.4 is 4.74 Å². The summed E-state index contributed by atoms with van der Waals surface area (Å²) in [5, 5.41) is 1.24. The van der Waals surface area contributed by atoms with E-state index in [0.29, 0.717) is 5.39 Å². The van der Waals surface area contributed by atoms with E-state index in [1.54, 1.807) is 24.3 Å². The monoisotopic (exact) mass is 204 g/mol. The van der Waals surface area contributed by atoms with Crippen LogP contribution in [-0.2, 0) is 4.79 Å². The number of esters is 1. The van der Waals surface area contributed by atoms with E-state index in [4.69, 9.17) is 4.74 Å². The maximum absolute atomic E-state index is 13.8. The molecule has 0 fully saturated rings. The predicted molar refractivity (Wildman–Crippen MR) is 55.2 cm³/mol. The maximum atomic E-state index is 13.8. The fourth-order valence-corrected chi connectivity index (χ4v) is 1.45. The summed E-state index contributed by atoms with van der Waals surface area (Å²) in [6.45, 7) is 1.24. The number of hydrogen-bond donors (Lipinski definition) is 0. The lowest BCUT2D eigenvalue weighted by molar-refractivity contribution is -0.132. The largest absolute Gasteiger partial charge is 0.424 e. The van der Waals surface area contributed by atoms with Crippen LogP contribution in [0.15, 0.2) is 36.4 Å². The van der Waals surface area contributed by atoms with E-state index in [-0.39, 0.29) is 5.75 Å². The number of benzene rings is 2. The quantitative estimate of drug-likeness (QED) is 0.527. The van der Waals surface area contributed by atoms with Gasteiger partial charge in [0, 0.05) is 12.3 Å². The first-order valence-corrected chi connectivity index (χ1v) is 4.54. The van der Waals surface area contributed by atoms with Gasteiger partial charge in [-0.3, -0.25) is 4.79 Å². The number of carbonyl (C=O) groups excluding carboxylic acids is 1. The number of ether oxygens (including phenoxy) is 1. The Morgan fingerprint density at radius 1 is 1.20 bits per heavy atom. The van der Waals surface area contributed by atoms with E-state index in [1.807, 2.05) is 6.07 Å². The van der Waals surface area contributed by atoms with Crippen LogP contribution >= 0.6 is 0 Å². The Kier molecular flexibility index (Phi) is 2.37. The molecular formula is C12H9FO2. The molecule has 0 radical (unpaired) electrons. The first kappa shape index (κ1) is 9.65. The molecule has 0 heterocycles. The summed E-state index contributed by atoms with van der Waals surface area (Å²) in [6.07, 6.45) is 0. The molecule has 2 nitrogen and oxygen atoms in total. The summed E-state index contributed by atoms with van der Waals surface area (Å²) in [7, 11) is 0. The molecular weight excluding hydrogens is 195 g/mol. The predicted octanol–water partition coefficient (Wildman–Crippen LogP) is 2.90. The molecule has 0 saturated carbocycles. The topological polar surface area (TPSA) is 26.3 Å². The third-order valence-electron chi connectivity index (χ3n) is 2.08. The van der Waals surface area contributed by atoms with Crippen molar-refractivity contribution in [1.29, 1.82) is 0 Å². The second-order valence-corrected chi connectivity index (χ2v) is 3.19. The number of hydrogen-bond acceptors (Lipinski definition) is 2. The summed E-state index contributed by atoms with van der Waals surface area (Å²) < 4.78 is 18.5. The molecule has 0 aliphatic rings. The highest BCUT2D eigenvalue weighted by Crippen LogP contribution is 2.26. The fraction of sp³-hybridized carbons (Fsp3) is 0.0833. The average molecular weight is 204 g/mol. The normalized spacial score (nSPS) is 10.3. The molecule has 0 aromatic heterocycles. The van der Waals surface area contributed by atoms with E-state index in [9.17, 15) is 9.18 Å². The zero-order valence-corrected chi connectivity index (χ0v) is 8.16. The Hall–Kier alpha value is -1.90. The standard InChI is InChI=1S/C12H9FO2/c1-8(14)15-11-7-6-9-4-2-3-5-10(9)12(11)13/h2-7H,1H3. The van der Waals surface area contributed by atoms with Crippen LogP contribution in [0.2, 0.25) is 0 Å². The SMILES string of the molecule is CC(=O)Oc1ccc2ccccc2c1F. The van der Waals surface area contributed by atoms with Crippen LogP contribution in [0.4, 0.5) is 4.39 Å². The van der Waals surface area contributed by atoms with Crippen LogP contribution in [0, 0.1) is 5.82 Å². The molecule has 3 heteroatoms. The highest BCUT2D eigenvalue weighted by molar-refractivity contribution is 5.85. The third-order valence-corrected chi connectivity index (χ3v) is 2.08. The Labute approximate surface area is 86.3 Å². The van der Waals surface area contributed by atoms with Gasteiger partial charge in [0.25, 0.3) is 0 Å². The fourth-order valence-electron chi connectivity index (χ4n) is 1.45. The van der Waals surface area contributed by atoms with Crippen molar-refractivity contribution < 1.29 is 13.9 Å². The first-order valence-electron chi connectivity index (χ1n) is 4.54. The maximum Gasteiger partial charge on any atom is 0.308 e. The van der Waals surface area contributed by atoms with Gasteiger partial charge in [-0.15, -0.1) is 0 Å². The lowest BCUT2D eigenvalue weighted by Crippen LogP contribution is -2.03. The van der Waals surface area contributed by atoms with Gasteiger partial charge in [-0.25, -0.2) is 4.39 Å². The second kappa shape index (κ2) is 3.69. The minimum Gasteiger partial charge on any atom is -0.424 e. The summed E-state index contributed by atoms with van der Waals surface area (Å²) >= 11 is 0. The van der Waals surface area contributed by atoms with Crippen LogP contribution in [0.3, 0.4) is 0 Å². The smallest absolute Gasteiger partial charge is 0.308 e. The number of carbonyl (C=O) groups is 1. The Morgan fingerprint density at radius 2 is 1.93 bits per heavy atom. The van der Waals surface area contributed by atoms with Crippen molar-refractivity contribution in [2.24, 2.45) is 0 Å². The number of rotatable bonds is 1. The van der Waals surface area contributed by atoms with Gasteiger partial charge in [0.15, 0.2) is 11.6 Å². The van der Waals surface area contributed by atoms with E-state index < -0.39 is 11.8 Å². The van der Waals surface area contributed by atoms with Gasteiger partial charge in [0.1, 0.15) is 0 Å². The Bertz CT molecular complexity index is 520.